The number of aldehydes is 1. The second-order valence-corrected chi connectivity index (χ2v) is 11.1. The molecule has 8 heteroatoms. The Balaban J connectivity index is 3.06. The van der Waals surface area contributed by atoms with Gasteiger partial charge in [-0.25, -0.2) is 0 Å². The predicted molar refractivity (Wildman–Crippen MR) is 139 cm³/mol. The van der Waals surface area contributed by atoms with E-state index in [2.05, 4.69) is 33.0 Å². The van der Waals surface area contributed by atoms with Crippen molar-refractivity contribution >= 4 is 18.1 Å². The fourth-order valence-electron chi connectivity index (χ4n) is 5.61. The molecule has 1 heterocycles. The number of nitrogens with zero attached hydrogens (tertiary/aromatic N) is 2. The Morgan fingerprint density at radius 3 is 2.37 bits per heavy atom. The lowest BCUT2D eigenvalue weighted by Crippen LogP contribution is -2.53. The summed E-state index contributed by atoms with van der Waals surface area (Å²) in [5.74, 6) is 0.283. The number of carbonyl (C=O) groups excluding carboxylic acids is 3. The van der Waals surface area contributed by atoms with Gasteiger partial charge in [0.25, 0.3) is 0 Å². The fraction of sp³-hybridized carbons (Fsp3) is 0.889. The summed E-state index contributed by atoms with van der Waals surface area (Å²) in [6.07, 6.45) is 4.00. The van der Waals surface area contributed by atoms with E-state index in [0.29, 0.717) is 19.4 Å². The highest BCUT2D eigenvalue weighted by Crippen LogP contribution is 2.30. The summed E-state index contributed by atoms with van der Waals surface area (Å²) in [6.45, 7) is 11.8. The first kappa shape index (κ1) is 31.5. The monoisotopic (exact) mass is 497 g/mol. The minimum atomic E-state index is -0.409. The molecular formula is C27H51N3O5. The zero-order valence-electron chi connectivity index (χ0n) is 23.6. The van der Waals surface area contributed by atoms with Gasteiger partial charge in [-0.2, -0.15) is 0 Å². The summed E-state index contributed by atoms with van der Waals surface area (Å²) < 4.78 is 11.6. The summed E-state index contributed by atoms with van der Waals surface area (Å²) in [5, 5.41) is 3.17. The van der Waals surface area contributed by atoms with Crippen LogP contribution in [0.4, 0.5) is 0 Å². The van der Waals surface area contributed by atoms with E-state index in [4.69, 9.17) is 9.47 Å². The van der Waals surface area contributed by atoms with Gasteiger partial charge in [0.2, 0.25) is 11.8 Å². The number of nitrogens with one attached hydrogen (secondary N) is 1. The molecular weight excluding hydrogens is 446 g/mol. The van der Waals surface area contributed by atoms with E-state index < -0.39 is 6.10 Å². The van der Waals surface area contributed by atoms with Crippen molar-refractivity contribution in [3.05, 3.63) is 0 Å². The van der Waals surface area contributed by atoms with Crippen molar-refractivity contribution in [2.24, 2.45) is 17.3 Å². The quantitative estimate of drug-likeness (QED) is 0.330. The number of hydrogen-bond acceptors (Lipinski definition) is 6. The predicted octanol–water partition coefficient (Wildman–Crippen LogP) is 3.13. The molecule has 1 aliphatic rings. The van der Waals surface area contributed by atoms with Gasteiger partial charge in [-0.15, -0.1) is 0 Å². The van der Waals surface area contributed by atoms with Crippen molar-refractivity contribution in [3.63, 3.8) is 0 Å². The maximum absolute atomic E-state index is 13.6. The molecule has 0 saturated carbocycles. The third-order valence-corrected chi connectivity index (χ3v) is 7.71. The lowest BCUT2D eigenvalue weighted by Gasteiger charge is -2.40. The third-order valence-electron chi connectivity index (χ3n) is 7.71. The molecule has 0 aromatic heterocycles. The van der Waals surface area contributed by atoms with Crippen LogP contribution in [0.25, 0.3) is 0 Å². The number of amides is 2. The molecule has 0 spiro atoms. The summed E-state index contributed by atoms with van der Waals surface area (Å²) >= 11 is 0. The Morgan fingerprint density at radius 1 is 1.20 bits per heavy atom. The molecule has 0 aromatic carbocycles. The van der Waals surface area contributed by atoms with Crippen LogP contribution in [0.1, 0.15) is 73.1 Å². The first-order valence-corrected chi connectivity index (χ1v) is 13.2. The number of likely N-dealkylation sites (tertiary alicyclic amines) is 1. The van der Waals surface area contributed by atoms with E-state index in [-0.39, 0.29) is 53.7 Å². The third kappa shape index (κ3) is 8.83. The maximum Gasteiger partial charge on any atom is 0.225 e. The Kier molecular flexibility index (Phi) is 13.4. The summed E-state index contributed by atoms with van der Waals surface area (Å²) in [5.41, 5.74) is -0.172. The lowest BCUT2D eigenvalue weighted by atomic mass is 9.86. The largest absolute Gasteiger partial charge is 0.379 e. The molecule has 35 heavy (non-hydrogen) atoms. The van der Waals surface area contributed by atoms with E-state index in [1.54, 1.807) is 19.1 Å². The number of likely N-dealkylation sites (N-methyl/N-ethyl adjacent to an activating group) is 1. The second-order valence-electron chi connectivity index (χ2n) is 11.1. The number of methoxy groups -OCH3 is 2. The summed E-state index contributed by atoms with van der Waals surface area (Å²) in [6, 6.07) is -0.260. The standard InChI is InChI=1S/C27H51N3O5/c1-10-19(2)25(29(7)24(33)17-27(4,5)18-28-6)22(34-8)16-23(32)30-14-11-12-21(30)26(35-9)20(3)13-15-31/h15,19-22,25-26,28H,10-14,16-18H2,1-9H3. The molecule has 1 rings (SSSR count). The molecule has 0 bridgehead atoms. The van der Waals surface area contributed by atoms with Gasteiger partial charge in [0.05, 0.1) is 30.7 Å². The van der Waals surface area contributed by atoms with Crippen LogP contribution in [0.5, 0.6) is 0 Å². The Labute approximate surface area is 213 Å². The van der Waals surface area contributed by atoms with E-state index >= 15 is 0 Å². The van der Waals surface area contributed by atoms with Gasteiger partial charge in [0, 0.05) is 47.2 Å². The highest BCUT2D eigenvalue weighted by Gasteiger charge is 2.40. The Morgan fingerprint density at radius 2 is 1.86 bits per heavy atom. The zero-order valence-corrected chi connectivity index (χ0v) is 23.6. The van der Waals surface area contributed by atoms with Gasteiger partial charge in [-0.3, -0.25) is 9.59 Å². The number of carbonyl (C=O) groups is 3. The Bertz CT molecular complexity index is 671. The molecule has 2 amide bonds. The maximum atomic E-state index is 13.6. The molecule has 1 N–H and O–H groups in total. The van der Waals surface area contributed by atoms with Crippen molar-refractivity contribution in [3.8, 4) is 0 Å². The van der Waals surface area contributed by atoms with E-state index in [1.165, 1.54) is 0 Å². The molecule has 0 radical (unpaired) electrons. The minimum absolute atomic E-state index is 0.0179. The molecule has 1 saturated heterocycles. The van der Waals surface area contributed by atoms with Crippen LogP contribution in [0.15, 0.2) is 0 Å². The van der Waals surface area contributed by atoms with E-state index in [0.717, 1.165) is 32.1 Å². The highest BCUT2D eigenvalue weighted by molar-refractivity contribution is 5.79. The average molecular weight is 498 g/mol. The molecule has 8 nitrogen and oxygen atoms in total. The fourth-order valence-corrected chi connectivity index (χ4v) is 5.61. The molecule has 0 aromatic rings. The lowest BCUT2D eigenvalue weighted by molar-refractivity contribution is -0.145. The SMILES string of the molecule is CCC(C)C(C(CC(=O)N1CCCC1C(OC)C(C)CC=O)OC)N(C)C(=O)CC(C)(C)CNC. The first-order chi connectivity index (χ1) is 16.5. The first-order valence-electron chi connectivity index (χ1n) is 13.2. The topological polar surface area (TPSA) is 88.2 Å². The Hall–Kier alpha value is -1.51. The minimum Gasteiger partial charge on any atom is -0.379 e. The van der Waals surface area contributed by atoms with Gasteiger partial charge >= 0.3 is 0 Å². The molecule has 6 atom stereocenters. The van der Waals surface area contributed by atoms with Crippen molar-refractivity contribution in [1.82, 2.24) is 15.1 Å². The van der Waals surface area contributed by atoms with Crippen LogP contribution in [-0.2, 0) is 23.9 Å². The summed E-state index contributed by atoms with van der Waals surface area (Å²) in [4.78, 5) is 41.6. The molecule has 1 aliphatic heterocycles. The molecule has 6 unspecified atom stereocenters. The smallest absolute Gasteiger partial charge is 0.225 e. The van der Waals surface area contributed by atoms with Crippen molar-refractivity contribution in [1.29, 1.82) is 0 Å². The molecule has 1 fully saturated rings. The van der Waals surface area contributed by atoms with Gasteiger partial charge in [-0.05, 0) is 37.1 Å². The number of hydrogen-bond donors (Lipinski definition) is 1. The van der Waals surface area contributed by atoms with E-state index in [9.17, 15) is 14.4 Å². The van der Waals surface area contributed by atoms with Crippen LogP contribution < -0.4 is 5.32 Å². The highest BCUT2D eigenvalue weighted by atomic mass is 16.5. The normalized spacial score (nSPS) is 20.7. The zero-order chi connectivity index (χ0) is 26.8. The van der Waals surface area contributed by atoms with Crippen molar-refractivity contribution in [2.45, 2.75) is 97.4 Å². The van der Waals surface area contributed by atoms with Crippen LogP contribution in [0, 0.1) is 17.3 Å². The molecule has 0 aliphatic carbocycles. The summed E-state index contributed by atoms with van der Waals surface area (Å²) in [7, 11) is 7.01. The van der Waals surface area contributed by atoms with Crippen molar-refractivity contribution in [2.75, 3.05) is 41.4 Å². The number of rotatable bonds is 16. The number of ether oxygens (including phenoxy) is 2. The van der Waals surface area contributed by atoms with E-state index in [1.807, 2.05) is 25.9 Å². The second kappa shape index (κ2) is 14.9. The van der Waals surface area contributed by atoms with Crippen LogP contribution >= 0.6 is 0 Å². The molecule has 204 valence electrons. The van der Waals surface area contributed by atoms with Crippen LogP contribution in [0.3, 0.4) is 0 Å². The van der Waals surface area contributed by atoms with Gasteiger partial charge in [-0.1, -0.05) is 41.0 Å². The van der Waals surface area contributed by atoms with Crippen LogP contribution in [-0.4, -0.2) is 93.6 Å². The average Bonchev–Trinajstić information content (AvgIpc) is 3.27. The van der Waals surface area contributed by atoms with Gasteiger partial charge in [0.15, 0.2) is 0 Å². The van der Waals surface area contributed by atoms with Crippen molar-refractivity contribution < 1.29 is 23.9 Å². The van der Waals surface area contributed by atoms with Crippen LogP contribution in [0.2, 0.25) is 0 Å². The van der Waals surface area contributed by atoms with Gasteiger partial charge < -0.3 is 29.4 Å². The van der Waals surface area contributed by atoms with Gasteiger partial charge in [0.1, 0.15) is 6.29 Å².